The van der Waals surface area contributed by atoms with Crippen molar-refractivity contribution in [2.24, 2.45) is 0 Å². The summed E-state index contributed by atoms with van der Waals surface area (Å²) in [6, 6.07) is 13.7. The number of anilines is 2. The molecule has 0 aliphatic carbocycles. The first-order valence-electron chi connectivity index (χ1n) is 7.47. The van der Waals surface area contributed by atoms with Gasteiger partial charge in [0.1, 0.15) is 6.04 Å². The van der Waals surface area contributed by atoms with Crippen LogP contribution in [0.25, 0.3) is 0 Å². The Morgan fingerprint density at radius 1 is 1.21 bits per heavy atom. The van der Waals surface area contributed by atoms with Gasteiger partial charge in [-0.15, -0.1) is 0 Å². The molecule has 24 heavy (non-hydrogen) atoms. The Bertz CT molecular complexity index is 767. The maximum atomic E-state index is 12.6. The van der Waals surface area contributed by atoms with Gasteiger partial charge in [-0.05, 0) is 36.8 Å². The number of benzene rings is 2. The number of nitrogens with zero attached hydrogens (tertiary/aromatic N) is 1. The molecular formula is C17H16ClN3O3. The van der Waals surface area contributed by atoms with E-state index >= 15 is 0 Å². The van der Waals surface area contributed by atoms with Gasteiger partial charge in [-0.25, -0.2) is 5.48 Å². The van der Waals surface area contributed by atoms with Crippen LogP contribution in [0.2, 0.25) is 5.02 Å². The quantitative estimate of drug-likeness (QED) is 0.588. The number of nitrogens with one attached hydrogen (secondary N) is 2. The molecule has 2 aromatic rings. The molecule has 7 heteroatoms. The molecule has 124 valence electrons. The molecule has 0 radical (unpaired) electrons. The van der Waals surface area contributed by atoms with Crippen LogP contribution in [0.1, 0.15) is 16.8 Å². The zero-order valence-corrected chi connectivity index (χ0v) is 13.5. The number of carbonyl (C=O) groups excluding carboxylic acids is 2. The predicted molar refractivity (Wildman–Crippen MR) is 91.5 cm³/mol. The summed E-state index contributed by atoms with van der Waals surface area (Å²) in [5, 5.41) is 12.1. The third-order valence-electron chi connectivity index (χ3n) is 3.94. The third kappa shape index (κ3) is 3.20. The summed E-state index contributed by atoms with van der Waals surface area (Å²) in [6.07, 6.45) is 0.656. The summed E-state index contributed by atoms with van der Waals surface area (Å²) in [5.74, 6) is -0.662. The number of carbonyl (C=O) groups is 2. The lowest BCUT2D eigenvalue weighted by Crippen LogP contribution is -2.33. The van der Waals surface area contributed by atoms with Crippen molar-refractivity contribution >= 4 is 34.8 Å². The van der Waals surface area contributed by atoms with Crippen LogP contribution in [-0.4, -0.2) is 29.6 Å². The van der Waals surface area contributed by atoms with E-state index < -0.39 is 5.91 Å². The molecule has 1 aliphatic rings. The summed E-state index contributed by atoms with van der Waals surface area (Å²) in [4.78, 5) is 25.7. The minimum Gasteiger partial charge on any atom is -0.372 e. The van der Waals surface area contributed by atoms with Crippen LogP contribution in [0.5, 0.6) is 0 Å². The van der Waals surface area contributed by atoms with Gasteiger partial charge in [0, 0.05) is 17.8 Å². The second-order valence-electron chi connectivity index (χ2n) is 5.45. The number of hydrogen-bond acceptors (Lipinski definition) is 4. The Hall–Kier alpha value is -2.57. The van der Waals surface area contributed by atoms with Gasteiger partial charge in [0.2, 0.25) is 5.91 Å². The van der Waals surface area contributed by atoms with E-state index in [1.807, 2.05) is 30.3 Å². The summed E-state index contributed by atoms with van der Waals surface area (Å²) < 4.78 is 0. The minimum absolute atomic E-state index is 0.0190. The molecule has 2 aromatic carbocycles. The number of halogens is 1. The zero-order valence-electron chi connectivity index (χ0n) is 12.7. The molecule has 6 nitrogen and oxygen atoms in total. The molecule has 0 spiro atoms. The van der Waals surface area contributed by atoms with E-state index in [1.165, 1.54) is 12.1 Å². The first-order chi connectivity index (χ1) is 11.6. The lowest BCUT2D eigenvalue weighted by Gasteiger charge is -2.18. The second kappa shape index (κ2) is 6.90. The topological polar surface area (TPSA) is 81.7 Å². The van der Waals surface area contributed by atoms with E-state index in [4.69, 9.17) is 16.8 Å². The molecule has 3 N–H and O–H groups in total. The Balaban J connectivity index is 1.73. The maximum absolute atomic E-state index is 12.6. The molecular weight excluding hydrogens is 330 g/mol. The van der Waals surface area contributed by atoms with Crippen molar-refractivity contribution < 1.29 is 14.8 Å². The SMILES string of the molecule is O=C(NO)c1ccc(NC2CCN(c3ccccc3)C2=O)c(Cl)c1. The van der Waals surface area contributed by atoms with Gasteiger partial charge in [0.15, 0.2) is 0 Å². The Morgan fingerprint density at radius 2 is 1.96 bits per heavy atom. The predicted octanol–water partition coefficient (Wildman–Crippen LogP) is 2.68. The van der Waals surface area contributed by atoms with Crippen molar-refractivity contribution in [2.75, 3.05) is 16.8 Å². The fourth-order valence-electron chi connectivity index (χ4n) is 2.70. The van der Waals surface area contributed by atoms with Crippen molar-refractivity contribution in [3.63, 3.8) is 0 Å². The van der Waals surface area contributed by atoms with Crippen molar-refractivity contribution in [3.8, 4) is 0 Å². The molecule has 1 aliphatic heterocycles. The average Bonchev–Trinajstić information content (AvgIpc) is 2.97. The molecule has 0 bridgehead atoms. The summed E-state index contributed by atoms with van der Waals surface area (Å²) in [5.41, 5.74) is 3.22. The van der Waals surface area contributed by atoms with Gasteiger partial charge >= 0.3 is 0 Å². The smallest absolute Gasteiger partial charge is 0.274 e. The monoisotopic (exact) mass is 345 g/mol. The highest BCUT2D eigenvalue weighted by atomic mass is 35.5. The van der Waals surface area contributed by atoms with E-state index in [1.54, 1.807) is 16.4 Å². The fraction of sp³-hybridized carbons (Fsp3) is 0.176. The molecule has 0 aromatic heterocycles. The van der Waals surface area contributed by atoms with Gasteiger partial charge in [-0.2, -0.15) is 0 Å². The van der Waals surface area contributed by atoms with Gasteiger partial charge in [0.25, 0.3) is 5.91 Å². The van der Waals surface area contributed by atoms with Crippen LogP contribution < -0.4 is 15.7 Å². The van der Waals surface area contributed by atoms with Crippen molar-refractivity contribution in [2.45, 2.75) is 12.5 Å². The van der Waals surface area contributed by atoms with Gasteiger partial charge < -0.3 is 10.2 Å². The number of para-hydroxylation sites is 1. The number of hydroxylamine groups is 1. The largest absolute Gasteiger partial charge is 0.372 e. The summed E-state index contributed by atoms with van der Waals surface area (Å²) >= 11 is 6.16. The highest BCUT2D eigenvalue weighted by Crippen LogP contribution is 2.28. The third-order valence-corrected chi connectivity index (χ3v) is 4.25. The van der Waals surface area contributed by atoms with Gasteiger partial charge in [-0.1, -0.05) is 29.8 Å². The van der Waals surface area contributed by atoms with Crippen molar-refractivity contribution in [3.05, 3.63) is 59.1 Å². The van der Waals surface area contributed by atoms with Crippen LogP contribution in [0.15, 0.2) is 48.5 Å². The lowest BCUT2D eigenvalue weighted by atomic mass is 10.1. The molecule has 1 atom stereocenters. The zero-order chi connectivity index (χ0) is 17.1. The van der Waals surface area contributed by atoms with Crippen LogP contribution in [0, 0.1) is 0 Å². The van der Waals surface area contributed by atoms with Gasteiger partial charge in [0.05, 0.1) is 10.7 Å². The highest BCUT2D eigenvalue weighted by molar-refractivity contribution is 6.33. The summed E-state index contributed by atoms with van der Waals surface area (Å²) in [6.45, 7) is 0.628. The van der Waals surface area contributed by atoms with Crippen molar-refractivity contribution in [1.29, 1.82) is 0 Å². The molecule has 2 amide bonds. The minimum atomic E-state index is -0.643. The molecule has 1 saturated heterocycles. The van der Waals surface area contributed by atoms with Crippen LogP contribution in [0.3, 0.4) is 0 Å². The number of rotatable bonds is 4. The van der Waals surface area contributed by atoms with Gasteiger partial charge in [-0.3, -0.25) is 14.8 Å². The molecule has 1 fully saturated rings. The molecule has 1 unspecified atom stereocenters. The Kier molecular flexibility index (Phi) is 4.69. The average molecular weight is 346 g/mol. The number of amides is 2. The van der Waals surface area contributed by atoms with E-state index in [0.29, 0.717) is 23.7 Å². The van der Waals surface area contributed by atoms with E-state index in [2.05, 4.69) is 5.32 Å². The van der Waals surface area contributed by atoms with Crippen molar-refractivity contribution in [1.82, 2.24) is 5.48 Å². The number of hydrogen-bond donors (Lipinski definition) is 3. The molecule has 0 saturated carbocycles. The van der Waals surface area contributed by atoms with Crippen LogP contribution in [0.4, 0.5) is 11.4 Å². The first-order valence-corrected chi connectivity index (χ1v) is 7.85. The normalized spacial score (nSPS) is 17.0. The van der Waals surface area contributed by atoms with E-state index in [9.17, 15) is 9.59 Å². The first kappa shape index (κ1) is 16.3. The standard InChI is InChI=1S/C17H16ClN3O3/c18-13-10-11(16(22)20-24)6-7-14(13)19-15-8-9-21(17(15)23)12-4-2-1-3-5-12/h1-7,10,15,19,24H,8-9H2,(H,20,22). The Morgan fingerprint density at radius 3 is 2.62 bits per heavy atom. The molecule has 1 heterocycles. The lowest BCUT2D eigenvalue weighted by molar-refractivity contribution is -0.117. The summed E-state index contributed by atoms with van der Waals surface area (Å²) in [7, 11) is 0. The molecule has 3 rings (SSSR count). The van der Waals surface area contributed by atoms with Crippen LogP contribution in [-0.2, 0) is 4.79 Å². The van der Waals surface area contributed by atoms with E-state index in [0.717, 1.165) is 5.69 Å². The Labute approximate surface area is 144 Å². The maximum Gasteiger partial charge on any atom is 0.274 e. The van der Waals surface area contributed by atoms with E-state index in [-0.39, 0.29) is 17.5 Å². The highest BCUT2D eigenvalue weighted by Gasteiger charge is 2.32. The second-order valence-corrected chi connectivity index (χ2v) is 5.85. The van der Waals surface area contributed by atoms with Crippen LogP contribution >= 0.6 is 11.6 Å². The fourth-order valence-corrected chi connectivity index (χ4v) is 2.94.